The summed E-state index contributed by atoms with van der Waals surface area (Å²) in [5.74, 6) is -0.816. The average Bonchev–Trinajstić information content (AvgIpc) is 3.26. The molecule has 1 saturated heterocycles. The summed E-state index contributed by atoms with van der Waals surface area (Å²) in [5.41, 5.74) is 3.03. The molecule has 3 amide bonds. The maximum absolute atomic E-state index is 12.8. The van der Waals surface area contributed by atoms with Gasteiger partial charge in [-0.05, 0) is 42.8 Å². The molecule has 0 aliphatic carbocycles. The summed E-state index contributed by atoms with van der Waals surface area (Å²) in [7, 11) is 1.64. The highest BCUT2D eigenvalue weighted by Crippen LogP contribution is 2.23. The number of hydrogen-bond acceptors (Lipinski definition) is 5. The minimum Gasteiger partial charge on any atom is -0.383 e. The number of aromatic nitrogens is 1. The number of fused-ring (bicyclic) bond motifs is 1. The van der Waals surface area contributed by atoms with Crippen molar-refractivity contribution in [1.82, 2.24) is 4.57 Å². The first-order valence-electron chi connectivity index (χ1n) is 9.62. The summed E-state index contributed by atoms with van der Waals surface area (Å²) in [6, 6.07) is 12.4. The number of carbonyl (C=O) groups is 3. The number of methoxy groups -OCH3 is 1. The van der Waals surface area contributed by atoms with Gasteiger partial charge in [0, 0.05) is 32.1 Å². The van der Waals surface area contributed by atoms with E-state index in [1.54, 1.807) is 31.4 Å². The van der Waals surface area contributed by atoms with E-state index in [9.17, 15) is 14.4 Å². The molecule has 2 aromatic carbocycles. The second-order valence-corrected chi connectivity index (χ2v) is 8.05. The highest BCUT2D eigenvalue weighted by Gasteiger charge is 2.30. The van der Waals surface area contributed by atoms with E-state index in [2.05, 4.69) is 4.99 Å². The largest absolute Gasteiger partial charge is 0.383 e. The van der Waals surface area contributed by atoms with Crippen molar-refractivity contribution in [1.29, 1.82) is 0 Å². The predicted molar refractivity (Wildman–Crippen MR) is 114 cm³/mol. The molecule has 30 heavy (non-hydrogen) atoms. The normalized spacial score (nSPS) is 14.9. The lowest BCUT2D eigenvalue weighted by molar-refractivity contribution is -0.121. The van der Waals surface area contributed by atoms with Crippen LogP contribution in [0.15, 0.2) is 47.5 Å². The number of thiazole rings is 1. The zero-order chi connectivity index (χ0) is 21.3. The van der Waals surface area contributed by atoms with Crippen LogP contribution in [-0.4, -0.2) is 36.0 Å². The van der Waals surface area contributed by atoms with E-state index in [0.29, 0.717) is 29.2 Å². The molecule has 1 fully saturated rings. The van der Waals surface area contributed by atoms with Gasteiger partial charge in [-0.1, -0.05) is 23.5 Å². The first kappa shape index (κ1) is 20.2. The Labute approximate surface area is 177 Å². The minimum absolute atomic E-state index is 0.219. The van der Waals surface area contributed by atoms with Crippen LogP contribution in [0.25, 0.3) is 10.2 Å². The molecule has 0 radical (unpaired) electrons. The fraction of sp³-hybridized carbons (Fsp3) is 0.273. The number of hydrogen-bond donors (Lipinski definition) is 0. The molecule has 0 saturated carbocycles. The standard InChI is InChI=1S/C22H21N3O4S/c1-14-4-3-5-17-20(14)24(12-13-29-2)22(30-17)23-21(28)15-6-8-16(9-7-15)25-18(26)10-11-19(25)27/h3-9H,10-13H2,1-2H3. The van der Waals surface area contributed by atoms with E-state index in [1.165, 1.54) is 16.2 Å². The van der Waals surface area contributed by atoms with Gasteiger partial charge >= 0.3 is 0 Å². The highest BCUT2D eigenvalue weighted by molar-refractivity contribution is 7.16. The van der Waals surface area contributed by atoms with Gasteiger partial charge in [0.25, 0.3) is 5.91 Å². The van der Waals surface area contributed by atoms with Crippen molar-refractivity contribution >= 4 is 45.0 Å². The summed E-state index contributed by atoms with van der Waals surface area (Å²) >= 11 is 1.46. The fourth-order valence-electron chi connectivity index (χ4n) is 3.55. The Kier molecular flexibility index (Phi) is 5.61. The van der Waals surface area contributed by atoms with E-state index in [4.69, 9.17) is 4.74 Å². The maximum Gasteiger partial charge on any atom is 0.279 e. The SMILES string of the molecule is COCCn1c(=NC(=O)c2ccc(N3C(=O)CCC3=O)cc2)sc2cccc(C)c21. The second kappa shape index (κ2) is 8.33. The van der Waals surface area contributed by atoms with Crippen LogP contribution in [0.2, 0.25) is 0 Å². The van der Waals surface area contributed by atoms with Crippen LogP contribution in [0.4, 0.5) is 5.69 Å². The van der Waals surface area contributed by atoms with E-state index in [1.807, 2.05) is 29.7 Å². The van der Waals surface area contributed by atoms with Gasteiger partial charge in [0.15, 0.2) is 4.80 Å². The van der Waals surface area contributed by atoms with Gasteiger partial charge in [0.1, 0.15) is 0 Å². The predicted octanol–water partition coefficient (Wildman–Crippen LogP) is 3.05. The highest BCUT2D eigenvalue weighted by atomic mass is 32.1. The van der Waals surface area contributed by atoms with Gasteiger partial charge < -0.3 is 9.30 Å². The third-order valence-electron chi connectivity index (χ3n) is 5.04. The zero-order valence-corrected chi connectivity index (χ0v) is 17.6. The fourth-order valence-corrected chi connectivity index (χ4v) is 4.68. The van der Waals surface area contributed by atoms with Crippen LogP contribution >= 0.6 is 11.3 Å². The van der Waals surface area contributed by atoms with Crippen molar-refractivity contribution in [3.05, 3.63) is 58.4 Å². The number of benzene rings is 2. The molecule has 1 aliphatic rings. The smallest absolute Gasteiger partial charge is 0.279 e. The Morgan fingerprint density at radius 2 is 1.80 bits per heavy atom. The minimum atomic E-state index is -0.379. The molecule has 4 rings (SSSR count). The monoisotopic (exact) mass is 423 g/mol. The van der Waals surface area contributed by atoms with Crippen LogP contribution in [0.3, 0.4) is 0 Å². The molecule has 8 heteroatoms. The summed E-state index contributed by atoms with van der Waals surface area (Å²) in [4.78, 5) is 42.7. The van der Waals surface area contributed by atoms with Gasteiger partial charge in [-0.15, -0.1) is 0 Å². The van der Waals surface area contributed by atoms with Crippen molar-refractivity contribution in [2.75, 3.05) is 18.6 Å². The first-order chi connectivity index (χ1) is 14.5. The quantitative estimate of drug-likeness (QED) is 0.591. The van der Waals surface area contributed by atoms with Gasteiger partial charge in [-0.2, -0.15) is 4.99 Å². The van der Waals surface area contributed by atoms with Gasteiger partial charge in [-0.25, -0.2) is 0 Å². The zero-order valence-electron chi connectivity index (χ0n) is 16.8. The molecule has 7 nitrogen and oxygen atoms in total. The summed E-state index contributed by atoms with van der Waals surface area (Å²) in [6.07, 6.45) is 0.448. The van der Waals surface area contributed by atoms with E-state index >= 15 is 0 Å². The van der Waals surface area contributed by atoms with Gasteiger partial charge in [0.2, 0.25) is 11.8 Å². The Morgan fingerprint density at radius 1 is 1.10 bits per heavy atom. The second-order valence-electron chi connectivity index (χ2n) is 7.04. The lowest BCUT2D eigenvalue weighted by Crippen LogP contribution is -2.28. The summed E-state index contributed by atoms with van der Waals surface area (Å²) in [5, 5.41) is 0. The molecule has 0 spiro atoms. The molecule has 0 bridgehead atoms. The third kappa shape index (κ3) is 3.71. The van der Waals surface area contributed by atoms with E-state index in [-0.39, 0.29) is 30.6 Å². The molecular weight excluding hydrogens is 402 g/mol. The summed E-state index contributed by atoms with van der Waals surface area (Å²) in [6.45, 7) is 3.13. The Morgan fingerprint density at radius 3 is 2.47 bits per heavy atom. The van der Waals surface area contributed by atoms with Crippen LogP contribution in [0, 0.1) is 6.92 Å². The number of amides is 3. The number of para-hydroxylation sites is 1. The number of nitrogens with zero attached hydrogens (tertiary/aromatic N) is 3. The number of carbonyl (C=O) groups excluding carboxylic acids is 3. The van der Waals surface area contributed by atoms with Crippen molar-refractivity contribution in [2.45, 2.75) is 26.3 Å². The van der Waals surface area contributed by atoms with Gasteiger partial charge in [0.05, 0.1) is 22.5 Å². The van der Waals surface area contributed by atoms with Crippen molar-refractivity contribution in [3.8, 4) is 0 Å². The molecule has 1 aliphatic heterocycles. The third-order valence-corrected chi connectivity index (χ3v) is 6.09. The molecule has 0 N–H and O–H groups in total. The molecule has 3 aromatic rings. The Balaban J connectivity index is 1.69. The Bertz CT molecular complexity index is 1190. The lowest BCUT2D eigenvalue weighted by atomic mass is 10.2. The summed E-state index contributed by atoms with van der Waals surface area (Å²) < 4.78 is 8.29. The number of aryl methyl sites for hydroxylation is 1. The lowest BCUT2D eigenvalue weighted by Gasteiger charge is -2.13. The molecule has 1 aromatic heterocycles. The number of rotatable bonds is 5. The van der Waals surface area contributed by atoms with Gasteiger partial charge in [-0.3, -0.25) is 19.3 Å². The maximum atomic E-state index is 12.8. The van der Waals surface area contributed by atoms with Crippen molar-refractivity contribution in [2.24, 2.45) is 4.99 Å². The first-order valence-corrected chi connectivity index (χ1v) is 10.4. The number of ether oxygens (including phenoxy) is 1. The van der Waals surface area contributed by atoms with E-state index < -0.39 is 0 Å². The number of imide groups is 1. The van der Waals surface area contributed by atoms with Crippen LogP contribution in [0.1, 0.15) is 28.8 Å². The molecular formula is C22H21N3O4S. The average molecular weight is 423 g/mol. The topological polar surface area (TPSA) is 81.0 Å². The van der Waals surface area contributed by atoms with Crippen molar-refractivity contribution in [3.63, 3.8) is 0 Å². The van der Waals surface area contributed by atoms with Crippen molar-refractivity contribution < 1.29 is 19.1 Å². The molecule has 0 unspecified atom stereocenters. The molecule has 2 heterocycles. The van der Waals surface area contributed by atoms with E-state index in [0.717, 1.165) is 15.8 Å². The number of anilines is 1. The van der Waals surface area contributed by atoms with Crippen LogP contribution in [0.5, 0.6) is 0 Å². The van der Waals surface area contributed by atoms with Crippen LogP contribution in [-0.2, 0) is 20.9 Å². The van der Waals surface area contributed by atoms with Crippen LogP contribution < -0.4 is 9.70 Å². The molecule has 154 valence electrons. The molecule has 0 atom stereocenters. The Hall–Kier alpha value is -3.10.